The molecule has 2 N–H and O–H groups in total. The second-order valence-electron chi connectivity index (χ2n) is 5.61. The Labute approximate surface area is 116 Å². The SMILES string of the molecule is COC[C@@H](NC(=O)N1CCCC[C@@H]1CCO)C(C)C. The second kappa shape index (κ2) is 8.38. The minimum Gasteiger partial charge on any atom is -0.396 e. The van der Waals surface area contributed by atoms with Crippen LogP contribution in [0.5, 0.6) is 0 Å². The third-order valence-electron chi connectivity index (χ3n) is 3.81. The number of aliphatic hydroxyl groups is 1. The van der Waals surface area contributed by atoms with Crippen LogP contribution in [0.25, 0.3) is 0 Å². The number of hydrogen-bond donors (Lipinski definition) is 2. The van der Waals surface area contributed by atoms with E-state index >= 15 is 0 Å². The summed E-state index contributed by atoms with van der Waals surface area (Å²) in [6, 6.07) is 0.192. The molecule has 0 aliphatic carbocycles. The fourth-order valence-electron chi connectivity index (χ4n) is 2.54. The van der Waals surface area contributed by atoms with Crippen LogP contribution >= 0.6 is 0 Å². The maximum atomic E-state index is 12.4. The van der Waals surface area contributed by atoms with Crippen molar-refractivity contribution in [2.45, 2.75) is 51.6 Å². The first-order chi connectivity index (χ1) is 9.10. The minimum atomic E-state index is -0.0195. The van der Waals surface area contributed by atoms with E-state index in [-0.39, 0.29) is 24.7 Å². The Kier molecular flexibility index (Phi) is 7.16. The summed E-state index contributed by atoms with van der Waals surface area (Å²) in [4.78, 5) is 14.2. The predicted octanol–water partition coefficient (Wildman–Crippen LogP) is 1.60. The van der Waals surface area contributed by atoms with E-state index in [2.05, 4.69) is 19.2 Å². The second-order valence-corrected chi connectivity index (χ2v) is 5.61. The van der Waals surface area contributed by atoms with Crippen molar-refractivity contribution in [2.75, 3.05) is 26.9 Å². The average Bonchev–Trinajstić information content (AvgIpc) is 2.39. The quantitative estimate of drug-likeness (QED) is 0.772. The molecule has 1 saturated heterocycles. The third-order valence-corrected chi connectivity index (χ3v) is 3.81. The molecule has 2 atom stereocenters. The largest absolute Gasteiger partial charge is 0.396 e. The van der Waals surface area contributed by atoms with E-state index in [0.717, 1.165) is 25.8 Å². The molecule has 0 aromatic rings. The van der Waals surface area contributed by atoms with Crippen LogP contribution in [0.15, 0.2) is 0 Å². The van der Waals surface area contributed by atoms with Gasteiger partial charge in [0, 0.05) is 26.3 Å². The van der Waals surface area contributed by atoms with Crippen molar-refractivity contribution in [1.82, 2.24) is 10.2 Å². The van der Waals surface area contributed by atoms with Crippen LogP contribution in [0.1, 0.15) is 39.5 Å². The molecule has 5 nitrogen and oxygen atoms in total. The molecule has 0 radical (unpaired) electrons. The summed E-state index contributed by atoms with van der Waals surface area (Å²) in [6.07, 6.45) is 3.85. The lowest BCUT2D eigenvalue weighted by atomic mass is 10.00. The van der Waals surface area contributed by atoms with Gasteiger partial charge in [0.1, 0.15) is 0 Å². The first kappa shape index (κ1) is 16.2. The van der Waals surface area contributed by atoms with Crippen molar-refractivity contribution in [3.8, 4) is 0 Å². The summed E-state index contributed by atoms with van der Waals surface area (Å²) in [7, 11) is 1.65. The summed E-state index contributed by atoms with van der Waals surface area (Å²) in [5.74, 6) is 0.338. The number of hydrogen-bond acceptors (Lipinski definition) is 3. The fourth-order valence-corrected chi connectivity index (χ4v) is 2.54. The lowest BCUT2D eigenvalue weighted by Gasteiger charge is -2.37. The number of piperidine rings is 1. The highest BCUT2D eigenvalue weighted by Gasteiger charge is 2.28. The van der Waals surface area contributed by atoms with Gasteiger partial charge in [-0.15, -0.1) is 0 Å². The number of nitrogens with zero attached hydrogens (tertiary/aromatic N) is 1. The van der Waals surface area contributed by atoms with Crippen LogP contribution in [0.3, 0.4) is 0 Å². The van der Waals surface area contributed by atoms with Gasteiger partial charge in [-0.05, 0) is 31.6 Å². The molecule has 0 aromatic heterocycles. The first-order valence-corrected chi connectivity index (χ1v) is 7.27. The van der Waals surface area contributed by atoms with Crippen LogP contribution in [0, 0.1) is 5.92 Å². The number of carbonyl (C=O) groups is 1. The number of ether oxygens (including phenoxy) is 1. The Hall–Kier alpha value is -0.810. The summed E-state index contributed by atoms with van der Waals surface area (Å²) < 4.78 is 5.15. The van der Waals surface area contributed by atoms with Crippen molar-refractivity contribution in [3.05, 3.63) is 0 Å². The summed E-state index contributed by atoms with van der Waals surface area (Å²) in [5, 5.41) is 12.1. The van der Waals surface area contributed by atoms with Crippen LogP contribution in [-0.2, 0) is 4.74 Å². The lowest BCUT2D eigenvalue weighted by Crippen LogP contribution is -2.53. The van der Waals surface area contributed by atoms with E-state index in [4.69, 9.17) is 9.84 Å². The molecule has 1 fully saturated rings. The van der Waals surface area contributed by atoms with Crippen molar-refractivity contribution in [1.29, 1.82) is 0 Å². The highest BCUT2D eigenvalue weighted by molar-refractivity contribution is 5.75. The van der Waals surface area contributed by atoms with Crippen molar-refractivity contribution >= 4 is 6.03 Å². The van der Waals surface area contributed by atoms with Gasteiger partial charge in [-0.1, -0.05) is 13.8 Å². The number of urea groups is 1. The molecular weight excluding hydrogens is 244 g/mol. The number of carbonyl (C=O) groups excluding carboxylic acids is 1. The van der Waals surface area contributed by atoms with E-state index in [1.165, 1.54) is 0 Å². The number of methoxy groups -OCH3 is 1. The summed E-state index contributed by atoms with van der Waals surface area (Å²) in [6.45, 7) is 5.60. The lowest BCUT2D eigenvalue weighted by molar-refractivity contribution is 0.113. The number of likely N-dealkylation sites (tertiary alicyclic amines) is 1. The molecule has 0 unspecified atom stereocenters. The van der Waals surface area contributed by atoms with E-state index in [1.807, 2.05) is 4.90 Å². The Morgan fingerprint density at radius 1 is 1.47 bits per heavy atom. The van der Waals surface area contributed by atoms with Crippen molar-refractivity contribution < 1.29 is 14.6 Å². The predicted molar refractivity (Wildman–Crippen MR) is 75.1 cm³/mol. The average molecular weight is 272 g/mol. The molecule has 1 aliphatic rings. The van der Waals surface area contributed by atoms with E-state index < -0.39 is 0 Å². The first-order valence-electron chi connectivity index (χ1n) is 7.27. The van der Waals surface area contributed by atoms with Gasteiger partial charge in [0.15, 0.2) is 0 Å². The number of amides is 2. The Morgan fingerprint density at radius 3 is 2.79 bits per heavy atom. The molecule has 0 aromatic carbocycles. The van der Waals surface area contributed by atoms with E-state index in [9.17, 15) is 4.79 Å². The fraction of sp³-hybridized carbons (Fsp3) is 0.929. The van der Waals surface area contributed by atoms with Crippen LogP contribution < -0.4 is 5.32 Å². The maximum Gasteiger partial charge on any atom is 0.317 e. The van der Waals surface area contributed by atoms with Crippen LogP contribution in [0.2, 0.25) is 0 Å². The molecule has 1 rings (SSSR count). The Bertz CT molecular complexity index is 269. The van der Waals surface area contributed by atoms with Gasteiger partial charge >= 0.3 is 6.03 Å². The zero-order chi connectivity index (χ0) is 14.3. The number of aliphatic hydroxyl groups excluding tert-OH is 1. The minimum absolute atomic E-state index is 0.0195. The Morgan fingerprint density at radius 2 is 2.21 bits per heavy atom. The molecule has 19 heavy (non-hydrogen) atoms. The molecule has 0 saturated carbocycles. The molecule has 112 valence electrons. The molecule has 5 heteroatoms. The van der Waals surface area contributed by atoms with Gasteiger partial charge in [-0.2, -0.15) is 0 Å². The van der Waals surface area contributed by atoms with Gasteiger partial charge in [-0.25, -0.2) is 4.79 Å². The molecule has 0 bridgehead atoms. The Balaban J connectivity index is 2.57. The number of rotatable bonds is 6. The smallest absolute Gasteiger partial charge is 0.317 e. The zero-order valence-electron chi connectivity index (χ0n) is 12.4. The number of nitrogens with one attached hydrogen (secondary N) is 1. The monoisotopic (exact) mass is 272 g/mol. The topological polar surface area (TPSA) is 61.8 Å². The molecule has 1 heterocycles. The van der Waals surface area contributed by atoms with Crippen LogP contribution in [-0.4, -0.2) is 55.0 Å². The molecule has 2 amide bonds. The normalized spacial score (nSPS) is 21.5. The van der Waals surface area contributed by atoms with E-state index in [1.54, 1.807) is 7.11 Å². The maximum absolute atomic E-state index is 12.4. The molecular formula is C14H28N2O3. The molecule has 0 spiro atoms. The highest BCUT2D eigenvalue weighted by Crippen LogP contribution is 2.19. The standard InChI is InChI=1S/C14H28N2O3/c1-11(2)13(10-19-3)15-14(18)16-8-5-4-6-12(16)7-9-17/h11-13,17H,4-10H2,1-3H3,(H,15,18)/t12-,13-/m1/s1. The summed E-state index contributed by atoms with van der Waals surface area (Å²) in [5.41, 5.74) is 0. The zero-order valence-corrected chi connectivity index (χ0v) is 12.4. The van der Waals surface area contributed by atoms with Gasteiger partial charge in [0.2, 0.25) is 0 Å². The van der Waals surface area contributed by atoms with Gasteiger partial charge in [-0.3, -0.25) is 0 Å². The van der Waals surface area contributed by atoms with Crippen molar-refractivity contribution in [2.24, 2.45) is 5.92 Å². The summed E-state index contributed by atoms with van der Waals surface area (Å²) >= 11 is 0. The van der Waals surface area contributed by atoms with Crippen molar-refractivity contribution in [3.63, 3.8) is 0 Å². The molecule has 1 aliphatic heterocycles. The highest BCUT2D eigenvalue weighted by atomic mass is 16.5. The third kappa shape index (κ3) is 4.99. The van der Waals surface area contributed by atoms with Gasteiger partial charge in [0.25, 0.3) is 0 Å². The van der Waals surface area contributed by atoms with E-state index in [0.29, 0.717) is 18.9 Å². The van der Waals surface area contributed by atoms with Gasteiger partial charge < -0.3 is 20.1 Å². The van der Waals surface area contributed by atoms with Crippen LogP contribution in [0.4, 0.5) is 4.79 Å². The van der Waals surface area contributed by atoms with Gasteiger partial charge in [0.05, 0.1) is 12.6 Å².